The first kappa shape index (κ1) is 74.4. The van der Waals surface area contributed by atoms with Crippen LogP contribution in [0.2, 0.25) is 20.1 Å². The van der Waals surface area contributed by atoms with Crippen molar-refractivity contribution in [2.75, 3.05) is 6.61 Å². The highest BCUT2D eigenvalue weighted by molar-refractivity contribution is 7.86. The van der Waals surface area contributed by atoms with Gasteiger partial charge in [0.15, 0.2) is 29.8 Å². The molecule has 9 nitrogen and oxygen atoms in total. The molecule has 0 aromatic heterocycles. The third-order valence-electron chi connectivity index (χ3n) is 17.4. The lowest BCUT2D eigenvalue weighted by molar-refractivity contribution is -0.616. The van der Waals surface area contributed by atoms with E-state index in [2.05, 4.69) is 152 Å². The molecule has 2 unspecified atom stereocenters. The smallest absolute Gasteiger partial charge is 0.343 e. The molecule has 91 heavy (non-hydrogen) atoms. The lowest BCUT2D eigenvalue weighted by Gasteiger charge is -2.53. The van der Waals surface area contributed by atoms with E-state index in [1.807, 2.05) is 72.8 Å². The highest BCUT2D eigenvalue weighted by Gasteiger charge is 2.58. The van der Waals surface area contributed by atoms with Crippen LogP contribution in [0.15, 0.2) is 200 Å². The molecular weight excluding hydrogens is 1260 g/mol. The number of allylic oxidation sites excluding steroid dienone is 2. The molecule has 3 aliphatic rings. The van der Waals surface area contributed by atoms with Crippen molar-refractivity contribution in [3.63, 3.8) is 0 Å². The number of amides is 1. The highest BCUT2D eigenvalue weighted by atomic mass is 35.5. The number of benzene rings is 7. The van der Waals surface area contributed by atoms with E-state index in [9.17, 15) is 22.0 Å². The maximum Gasteiger partial charge on any atom is 0.343 e. The minimum atomic E-state index is -4.38. The minimum Gasteiger partial charge on any atom is -0.744 e. The summed E-state index contributed by atoms with van der Waals surface area (Å²) in [6.07, 6.45) is 9.24. The van der Waals surface area contributed by atoms with E-state index in [1.165, 1.54) is 28.3 Å². The first-order valence-electron chi connectivity index (χ1n) is 31.4. The maximum atomic E-state index is 14.3. The molecule has 7 aromatic rings. The van der Waals surface area contributed by atoms with Gasteiger partial charge in [0.2, 0.25) is 5.91 Å². The van der Waals surface area contributed by atoms with Gasteiger partial charge in [0.1, 0.15) is 10.1 Å². The number of ether oxygens (including phenoxy) is 1. The molecule has 1 fully saturated rings. The Morgan fingerprint density at radius 3 is 1.64 bits per heavy atom. The molecule has 0 saturated carbocycles. The molecule has 9 atom stereocenters. The summed E-state index contributed by atoms with van der Waals surface area (Å²) in [5.41, 5.74) is 5.54. The molecule has 0 radical (unpaired) electrons. The number of fused-ring (bicyclic) bond motifs is 1. The van der Waals surface area contributed by atoms with Crippen LogP contribution in [-0.4, -0.2) is 67.0 Å². The lowest BCUT2D eigenvalue weighted by atomic mass is 9.66. The zero-order chi connectivity index (χ0) is 67.0. The predicted octanol–water partition coefficient (Wildman–Crippen LogP) is 20.7. The lowest BCUT2D eigenvalue weighted by Crippen LogP contribution is -2.56. The number of halogens is 4. The second-order valence-corrected chi connectivity index (χ2v) is 30.7. The Morgan fingerprint density at radius 2 is 1.15 bits per heavy atom. The van der Waals surface area contributed by atoms with Crippen molar-refractivity contribution in [2.24, 2.45) is 28.6 Å². The molecule has 0 aliphatic carbocycles. The molecule has 0 spiro atoms. The van der Waals surface area contributed by atoms with Gasteiger partial charge < -0.3 is 18.7 Å². The molecule has 7 aromatic carbocycles. The van der Waals surface area contributed by atoms with Gasteiger partial charge in [-0.3, -0.25) is 4.79 Å². The Balaban J connectivity index is 0.000000207. The molecule has 1 saturated heterocycles. The van der Waals surface area contributed by atoms with Gasteiger partial charge in [-0.1, -0.05) is 228 Å². The van der Waals surface area contributed by atoms with E-state index in [4.69, 9.17) is 55.7 Å². The second-order valence-electron chi connectivity index (χ2n) is 26.1. The van der Waals surface area contributed by atoms with Crippen LogP contribution in [0.1, 0.15) is 159 Å². The van der Waals surface area contributed by atoms with Crippen molar-refractivity contribution in [1.82, 2.24) is 4.90 Å². The van der Waals surface area contributed by atoms with Crippen LogP contribution in [0, 0.1) is 35.5 Å². The van der Waals surface area contributed by atoms with Crippen LogP contribution < -0.4 is 0 Å². The molecule has 15 heteroatoms. The third-order valence-corrected chi connectivity index (χ3v) is 20.1. The fourth-order valence-electron chi connectivity index (χ4n) is 12.8. The Morgan fingerprint density at radius 1 is 0.659 bits per heavy atom. The first-order chi connectivity index (χ1) is 43.0. The van der Waals surface area contributed by atoms with Gasteiger partial charge in [-0.2, -0.15) is 4.58 Å². The van der Waals surface area contributed by atoms with Crippen LogP contribution in [0.25, 0.3) is 10.8 Å². The monoisotopic (exact) mass is 1350 g/mol. The molecule has 0 bridgehead atoms. The fourth-order valence-corrected chi connectivity index (χ4v) is 14.1. The zero-order valence-electron chi connectivity index (χ0n) is 54.6. The van der Waals surface area contributed by atoms with Crippen molar-refractivity contribution in [2.45, 2.75) is 161 Å². The number of hydrogen-bond donors (Lipinski definition) is 1. The summed E-state index contributed by atoms with van der Waals surface area (Å²) in [5, 5.41) is 4.07. The summed E-state index contributed by atoms with van der Waals surface area (Å²) in [6.45, 7) is 32.2. The van der Waals surface area contributed by atoms with Crippen LogP contribution >= 0.6 is 46.4 Å². The summed E-state index contributed by atoms with van der Waals surface area (Å²) >= 11 is 23.8. The van der Waals surface area contributed by atoms with Crippen LogP contribution in [0.4, 0.5) is 0 Å². The van der Waals surface area contributed by atoms with Gasteiger partial charge in [-0.05, 0) is 160 Å². The Kier molecular flexibility index (Phi) is 27.8. The van der Waals surface area contributed by atoms with Gasteiger partial charge in [0.25, 0.3) is 0 Å². The van der Waals surface area contributed by atoms with Crippen molar-refractivity contribution >= 4 is 90.2 Å². The van der Waals surface area contributed by atoms with Crippen molar-refractivity contribution < 1.29 is 35.8 Å². The topological polar surface area (TPSA) is 127 Å². The van der Waals surface area contributed by atoms with Crippen LogP contribution in [0.5, 0.6) is 0 Å². The molecule has 1 amide bonds. The van der Waals surface area contributed by atoms with E-state index >= 15 is 0 Å². The number of hydrogen-bond acceptors (Lipinski definition) is 6. The van der Waals surface area contributed by atoms with Crippen LogP contribution in [-0.2, 0) is 30.7 Å². The quantitative estimate of drug-likeness (QED) is 0.0442. The highest BCUT2D eigenvalue weighted by Crippen LogP contribution is 2.54. The van der Waals surface area contributed by atoms with Crippen molar-refractivity contribution in [1.29, 1.82) is 0 Å². The number of likely N-dealkylation sites (tertiary alicyclic amines) is 1. The summed E-state index contributed by atoms with van der Waals surface area (Å²) in [4.78, 5) is 16.4. The summed E-state index contributed by atoms with van der Waals surface area (Å²) in [7, 11) is -4.38. The standard InChI is InChI=1S/C30H39Cl2NO.C26H30Cl2NO.C10H8O3S.C7H8.C3H8O2S/c1-7-17-30(6)19-26(23-9-8-10-25(32)18-23)28(22-12-14-24(31)15-13-22)33(29(30)34)27(21(4)5)16-11-20(2)3;1-5-13-26(4)15-22(19-7-6-8-21(28)14-19)24(18-9-11-20(27)12-10-18)29-23(17(2)3)16-30-25(26)29;11-14(12,13)10-7-3-5-8-4-1-2-6-9(8)10;1-7-5-3-2-4-6-7;1-3(2)6(4)5/h7-10,12-15,18,20-21,26-28H,1,11,16-17,19H2,2-6H3;5-12,14,17,22-24H,1,13,15-16H2,2-4H3;1-7H,(H,11,12,13);2-6H,1H3;3H,1-2H3,(H,4,5)/q;+1;;;/p-1/t26-,27-,28?,30+;22-,23-,24-,26+;;;/m11.../s1. The largest absolute Gasteiger partial charge is 0.744 e. The van der Waals surface area contributed by atoms with Gasteiger partial charge in [0.05, 0.1) is 32.9 Å². The van der Waals surface area contributed by atoms with E-state index < -0.39 is 26.6 Å². The molecule has 3 aliphatic heterocycles. The summed E-state index contributed by atoms with van der Waals surface area (Å²) < 4.78 is 59.6. The second kappa shape index (κ2) is 34.0. The zero-order valence-corrected chi connectivity index (χ0v) is 59.2. The number of rotatable bonds is 16. The van der Waals surface area contributed by atoms with E-state index in [0.717, 1.165) is 70.6 Å². The predicted molar refractivity (Wildman–Crippen MR) is 380 cm³/mol. The van der Waals surface area contributed by atoms with Crippen molar-refractivity contribution in [3.05, 3.63) is 243 Å². The Hall–Kier alpha value is -5.60. The van der Waals surface area contributed by atoms with Gasteiger partial charge in [-0.25, -0.2) is 12.6 Å². The number of piperidine rings is 1. The summed E-state index contributed by atoms with van der Waals surface area (Å²) in [6, 6.07) is 55.2. The van der Waals surface area contributed by atoms with Gasteiger partial charge >= 0.3 is 5.90 Å². The third kappa shape index (κ3) is 20.0. The van der Waals surface area contributed by atoms with Gasteiger partial charge in [-0.15, -0.1) is 13.2 Å². The van der Waals surface area contributed by atoms with E-state index in [-0.39, 0.29) is 51.4 Å². The van der Waals surface area contributed by atoms with Gasteiger partial charge in [0, 0.05) is 43.5 Å². The number of nitrogens with zero attached hydrogens (tertiary/aromatic N) is 2. The number of carbonyl (C=O) groups is 1. The molecule has 1 N–H and O–H groups in total. The molecular formula is C76H92Cl4N2O7S2. The number of carbonyl (C=O) groups excluding carboxylic acids is 1. The number of aryl methyl sites for hydroxylation is 1. The molecule has 488 valence electrons. The first-order valence-corrected chi connectivity index (χ1v) is 35.5. The average Bonchev–Trinajstić information content (AvgIpc) is 1.73. The van der Waals surface area contributed by atoms with Crippen LogP contribution in [0.3, 0.4) is 0 Å². The molecule has 10 rings (SSSR count). The molecule has 3 heterocycles. The summed E-state index contributed by atoms with van der Waals surface area (Å²) in [5.74, 6) is 3.13. The Labute approximate surface area is 566 Å². The average molecular weight is 1350 g/mol. The van der Waals surface area contributed by atoms with Crippen molar-refractivity contribution in [3.8, 4) is 0 Å². The van der Waals surface area contributed by atoms with E-state index in [1.54, 1.807) is 50.2 Å². The SMILES string of the molecule is C=CC[C@@]1(C)C[C@H](c2cccc(Cl)c2)C(c2ccc(Cl)cc2)N([C@H](CCC(C)C)C(C)C)C1=O.C=CC[C@@]1(C)C[C@H](c2cccc(Cl)c2)[C@@H](c2ccc(Cl)cc2)[N+]2=C1OC[C@@H]2C(C)C.CC(C)S(=O)O.Cc1ccccc1.O=S(=O)([O-])c1cccc2ccccc12. The fraction of sp³-hybridized carbons (Fsp3) is 0.395. The Bertz CT molecular complexity index is 3690. The van der Waals surface area contributed by atoms with E-state index in [0.29, 0.717) is 40.6 Å². The normalized spacial score (nSPS) is 21.8. The minimum absolute atomic E-state index is 0.0827. The maximum absolute atomic E-state index is 14.3.